The summed E-state index contributed by atoms with van der Waals surface area (Å²) in [6.07, 6.45) is 7.82. The first-order chi connectivity index (χ1) is 19.3. The third kappa shape index (κ3) is 5.76. The Morgan fingerprint density at radius 1 is 1.23 bits per heavy atom. The lowest BCUT2D eigenvalue weighted by molar-refractivity contribution is -0.116. The van der Waals surface area contributed by atoms with Crippen LogP contribution in [0.4, 0.5) is 25.4 Å². The van der Waals surface area contributed by atoms with Gasteiger partial charge in [-0.1, -0.05) is 23.8 Å². The van der Waals surface area contributed by atoms with Crippen LogP contribution in [0, 0.1) is 5.82 Å². The van der Waals surface area contributed by atoms with Gasteiger partial charge in [-0.3, -0.25) is 15.1 Å². The molecule has 4 heterocycles. The Morgan fingerprint density at radius 3 is 2.88 bits per heavy atom. The van der Waals surface area contributed by atoms with Crippen molar-refractivity contribution in [2.45, 2.75) is 37.8 Å². The lowest BCUT2D eigenvalue weighted by Crippen LogP contribution is -2.49. The van der Waals surface area contributed by atoms with E-state index in [4.69, 9.17) is 11.6 Å². The van der Waals surface area contributed by atoms with Gasteiger partial charge in [-0.05, 0) is 43.5 Å². The molecule has 0 saturated carbocycles. The maximum atomic E-state index is 14.6. The minimum absolute atomic E-state index is 0.0494. The summed E-state index contributed by atoms with van der Waals surface area (Å²) < 4.78 is 19.2. The molecule has 1 fully saturated rings. The Kier molecular flexibility index (Phi) is 7.96. The SMILES string of the molecule is COC(=O)Nc1ccc2c(c1)NC(=O)CC/C=C/C[C@H](N1CCC(c3nccc(Cl)c3F)NC1=O)c1ncc-2[nH]1. The van der Waals surface area contributed by atoms with Crippen LogP contribution in [-0.4, -0.2) is 51.5 Å². The number of urea groups is 1. The molecule has 2 atom stereocenters. The second-order valence-electron chi connectivity index (χ2n) is 9.34. The molecule has 0 radical (unpaired) electrons. The Labute approximate surface area is 234 Å². The number of halogens is 2. The molecule has 2 aliphatic rings. The first kappa shape index (κ1) is 27.1. The van der Waals surface area contributed by atoms with Crippen LogP contribution in [0.1, 0.15) is 49.3 Å². The highest BCUT2D eigenvalue weighted by molar-refractivity contribution is 6.30. The van der Waals surface area contributed by atoms with Gasteiger partial charge in [-0.2, -0.15) is 0 Å². The minimum atomic E-state index is -0.643. The molecule has 2 bridgehead atoms. The van der Waals surface area contributed by atoms with E-state index in [1.165, 1.54) is 19.4 Å². The van der Waals surface area contributed by atoms with Crippen LogP contribution in [0.5, 0.6) is 0 Å². The Hall–Kier alpha value is -4.45. The van der Waals surface area contributed by atoms with Gasteiger partial charge in [0.15, 0.2) is 5.82 Å². The highest BCUT2D eigenvalue weighted by Gasteiger charge is 2.34. The van der Waals surface area contributed by atoms with Gasteiger partial charge in [0, 0.05) is 30.4 Å². The molecule has 13 heteroatoms. The molecule has 5 rings (SSSR count). The predicted molar refractivity (Wildman–Crippen MR) is 146 cm³/mol. The fraction of sp³-hybridized carbons (Fsp3) is 0.296. The van der Waals surface area contributed by atoms with Crippen molar-refractivity contribution in [2.75, 3.05) is 24.3 Å². The number of anilines is 2. The summed E-state index contributed by atoms with van der Waals surface area (Å²) in [5, 5.41) is 8.30. The molecule has 1 saturated heterocycles. The van der Waals surface area contributed by atoms with E-state index in [9.17, 15) is 18.8 Å². The number of aromatic nitrogens is 3. The normalized spacial score (nSPS) is 20.1. The minimum Gasteiger partial charge on any atom is -0.453 e. The van der Waals surface area contributed by atoms with Crippen molar-refractivity contribution in [1.82, 2.24) is 25.2 Å². The van der Waals surface area contributed by atoms with Crippen LogP contribution in [0.15, 0.2) is 48.8 Å². The number of nitrogens with zero attached hydrogens (tertiary/aromatic N) is 3. The molecule has 4 amide bonds. The van der Waals surface area contributed by atoms with Crippen molar-refractivity contribution < 1.29 is 23.5 Å². The molecular weight excluding hydrogens is 541 g/mol. The van der Waals surface area contributed by atoms with Crippen molar-refractivity contribution in [3.63, 3.8) is 0 Å². The number of fused-ring (bicyclic) bond motifs is 4. The van der Waals surface area contributed by atoms with E-state index in [1.54, 1.807) is 29.3 Å². The maximum absolute atomic E-state index is 14.6. The second kappa shape index (κ2) is 11.7. The number of hydrogen-bond donors (Lipinski definition) is 4. The molecule has 11 nitrogen and oxygen atoms in total. The van der Waals surface area contributed by atoms with Crippen LogP contribution in [0.2, 0.25) is 5.02 Å². The lowest BCUT2D eigenvalue weighted by Gasteiger charge is -2.37. The zero-order chi connectivity index (χ0) is 28.2. The zero-order valence-corrected chi connectivity index (χ0v) is 22.3. The van der Waals surface area contributed by atoms with E-state index >= 15 is 0 Å². The first-order valence-electron chi connectivity index (χ1n) is 12.7. The molecular formula is C27H27ClFN7O4. The summed E-state index contributed by atoms with van der Waals surface area (Å²) in [5.74, 6) is -0.288. The summed E-state index contributed by atoms with van der Waals surface area (Å²) in [6, 6.07) is 4.99. The maximum Gasteiger partial charge on any atom is 0.411 e. The highest BCUT2D eigenvalue weighted by Crippen LogP contribution is 2.34. The van der Waals surface area contributed by atoms with E-state index in [0.29, 0.717) is 54.3 Å². The Bertz CT molecular complexity index is 1480. The number of rotatable bonds is 3. The van der Waals surface area contributed by atoms with Gasteiger partial charge in [0.05, 0.1) is 47.5 Å². The monoisotopic (exact) mass is 567 g/mol. The first-order valence-corrected chi connectivity index (χ1v) is 13.1. The molecule has 40 heavy (non-hydrogen) atoms. The Morgan fingerprint density at radius 2 is 2.08 bits per heavy atom. The van der Waals surface area contributed by atoms with Gasteiger partial charge in [0.2, 0.25) is 5.91 Å². The zero-order valence-electron chi connectivity index (χ0n) is 21.5. The molecule has 4 N–H and O–H groups in total. The summed E-state index contributed by atoms with van der Waals surface area (Å²) in [6.45, 7) is 0.331. The largest absolute Gasteiger partial charge is 0.453 e. The predicted octanol–water partition coefficient (Wildman–Crippen LogP) is 5.32. The van der Waals surface area contributed by atoms with Gasteiger partial charge in [-0.15, -0.1) is 0 Å². The van der Waals surface area contributed by atoms with E-state index in [-0.39, 0.29) is 29.1 Å². The number of imidazole rings is 1. The lowest BCUT2D eigenvalue weighted by atomic mass is 10.0. The van der Waals surface area contributed by atoms with Gasteiger partial charge in [0.25, 0.3) is 0 Å². The number of allylic oxidation sites excluding steroid dienone is 1. The van der Waals surface area contributed by atoms with Crippen molar-refractivity contribution in [3.05, 3.63) is 71.2 Å². The molecule has 2 aromatic heterocycles. The van der Waals surface area contributed by atoms with Gasteiger partial charge in [-0.25, -0.2) is 19.0 Å². The van der Waals surface area contributed by atoms with Gasteiger partial charge in [0.1, 0.15) is 5.82 Å². The molecule has 0 aliphatic carbocycles. The number of amides is 4. The van der Waals surface area contributed by atoms with Gasteiger partial charge >= 0.3 is 12.1 Å². The van der Waals surface area contributed by atoms with Crippen LogP contribution in [-0.2, 0) is 9.53 Å². The second-order valence-corrected chi connectivity index (χ2v) is 9.75. The number of carbonyl (C=O) groups is 3. The van der Waals surface area contributed by atoms with E-state index in [1.807, 2.05) is 12.2 Å². The number of hydrogen-bond acceptors (Lipinski definition) is 6. The number of nitrogens with one attached hydrogen (secondary N) is 4. The summed E-state index contributed by atoms with van der Waals surface area (Å²) in [7, 11) is 1.26. The summed E-state index contributed by atoms with van der Waals surface area (Å²) in [5.41, 5.74) is 2.29. The van der Waals surface area contributed by atoms with Crippen molar-refractivity contribution >= 4 is 41.0 Å². The number of carbonyl (C=O) groups excluding carboxylic acids is 3. The molecule has 0 spiro atoms. The number of ether oxygens (including phenoxy) is 1. The van der Waals surface area contributed by atoms with Crippen LogP contribution < -0.4 is 16.0 Å². The fourth-order valence-electron chi connectivity index (χ4n) is 4.78. The fourth-order valence-corrected chi connectivity index (χ4v) is 4.94. The highest BCUT2D eigenvalue weighted by atomic mass is 35.5. The summed E-state index contributed by atoms with van der Waals surface area (Å²) >= 11 is 5.92. The topological polar surface area (TPSA) is 141 Å². The summed E-state index contributed by atoms with van der Waals surface area (Å²) in [4.78, 5) is 51.3. The third-order valence-electron chi connectivity index (χ3n) is 6.78. The number of methoxy groups -OCH3 is 1. The van der Waals surface area contributed by atoms with Crippen molar-refractivity contribution in [2.24, 2.45) is 0 Å². The third-order valence-corrected chi connectivity index (χ3v) is 7.08. The van der Waals surface area contributed by atoms with Crippen molar-refractivity contribution in [3.8, 4) is 11.3 Å². The molecule has 2 aliphatic heterocycles. The van der Waals surface area contributed by atoms with E-state index in [2.05, 4.69) is 35.6 Å². The van der Waals surface area contributed by atoms with Crippen LogP contribution in [0.25, 0.3) is 11.3 Å². The molecule has 1 aromatic carbocycles. The average Bonchev–Trinajstić information content (AvgIpc) is 3.42. The van der Waals surface area contributed by atoms with Crippen LogP contribution in [0.3, 0.4) is 0 Å². The smallest absolute Gasteiger partial charge is 0.411 e. The number of aromatic amines is 1. The average molecular weight is 568 g/mol. The van der Waals surface area contributed by atoms with E-state index in [0.717, 1.165) is 0 Å². The van der Waals surface area contributed by atoms with Gasteiger partial charge < -0.3 is 25.3 Å². The number of benzene rings is 1. The number of H-pyrrole nitrogens is 1. The quantitative estimate of drug-likeness (QED) is 0.316. The molecule has 208 valence electrons. The van der Waals surface area contributed by atoms with Crippen LogP contribution >= 0.6 is 11.6 Å². The van der Waals surface area contributed by atoms with Crippen molar-refractivity contribution in [1.29, 1.82) is 0 Å². The number of pyridine rings is 1. The molecule has 3 aromatic rings. The molecule has 1 unspecified atom stereocenters. The standard InChI is InChI=1S/C27H27ClFN7O4/c1-40-27(39)32-15-7-8-16-19(13-15)33-22(37)6-4-2-3-5-21(25-31-14-20(16)34-25)36-12-10-18(35-26(36)38)24-23(29)17(28)9-11-30-24/h2-3,7-9,11,13-14,18,21H,4-6,10,12H2,1H3,(H,31,34)(H,32,39)(H,33,37)(H,35,38)/b3-2+/t18?,21-/m0/s1. The Balaban J connectivity index is 1.44. The van der Waals surface area contributed by atoms with E-state index < -0.39 is 24.0 Å².